The van der Waals surface area contributed by atoms with Crippen LogP contribution in [0.5, 0.6) is 11.5 Å². The summed E-state index contributed by atoms with van der Waals surface area (Å²) < 4.78 is 11.2. The van der Waals surface area contributed by atoms with Crippen molar-refractivity contribution in [1.29, 1.82) is 0 Å². The zero-order chi connectivity index (χ0) is 19.9. The van der Waals surface area contributed by atoms with Crippen LogP contribution < -0.4 is 19.7 Å². The number of unbranched alkanes of at least 4 members (excludes halogenated alkanes) is 2. The Kier molecular flexibility index (Phi) is 7.01. The summed E-state index contributed by atoms with van der Waals surface area (Å²) in [6, 6.07) is 5.29. The third-order valence-electron chi connectivity index (χ3n) is 5.14. The molecule has 1 fully saturated rings. The van der Waals surface area contributed by atoms with Gasteiger partial charge in [0.05, 0.1) is 6.04 Å². The van der Waals surface area contributed by atoms with Crippen molar-refractivity contribution in [3.05, 3.63) is 18.2 Å². The van der Waals surface area contributed by atoms with Crippen molar-refractivity contribution in [2.24, 2.45) is 0 Å². The van der Waals surface area contributed by atoms with Gasteiger partial charge in [0.15, 0.2) is 11.5 Å². The van der Waals surface area contributed by atoms with E-state index in [0.717, 1.165) is 44.5 Å². The zero-order valence-electron chi connectivity index (χ0n) is 16.9. The van der Waals surface area contributed by atoms with Gasteiger partial charge < -0.3 is 24.6 Å². The SMILES string of the molecule is CCCCN(CCCC)C(=O)N[C@H]1CC(=O)N(c2ccc3c(c2)OCCO3)C1. The number of anilines is 1. The summed E-state index contributed by atoms with van der Waals surface area (Å²) in [6.07, 6.45) is 4.40. The van der Waals surface area contributed by atoms with Crippen molar-refractivity contribution in [2.45, 2.75) is 52.0 Å². The minimum atomic E-state index is -0.182. The molecule has 3 rings (SSSR count). The second kappa shape index (κ2) is 9.66. The van der Waals surface area contributed by atoms with Crippen LogP contribution in [0.2, 0.25) is 0 Å². The van der Waals surface area contributed by atoms with Crippen LogP contribution in [0.25, 0.3) is 0 Å². The summed E-state index contributed by atoms with van der Waals surface area (Å²) in [5.41, 5.74) is 0.778. The number of nitrogens with one attached hydrogen (secondary N) is 1. The van der Waals surface area contributed by atoms with Gasteiger partial charge in [0, 0.05) is 37.8 Å². The summed E-state index contributed by atoms with van der Waals surface area (Å²) in [7, 11) is 0. The van der Waals surface area contributed by atoms with Crippen molar-refractivity contribution < 1.29 is 19.1 Å². The van der Waals surface area contributed by atoms with Gasteiger partial charge in [0.25, 0.3) is 0 Å². The van der Waals surface area contributed by atoms with Gasteiger partial charge in [-0.2, -0.15) is 0 Å². The average molecular weight is 389 g/mol. The summed E-state index contributed by atoms with van der Waals surface area (Å²) in [6.45, 7) is 7.28. The van der Waals surface area contributed by atoms with Gasteiger partial charge in [-0.3, -0.25) is 4.79 Å². The minimum absolute atomic E-state index is 0.00986. The molecule has 2 aliphatic rings. The van der Waals surface area contributed by atoms with E-state index in [1.807, 2.05) is 23.1 Å². The van der Waals surface area contributed by atoms with Crippen LogP contribution in [0.1, 0.15) is 46.0 Å². The van der Waals surface area contributed by atoms with E-state index in [0.29, 0.717) is 37.7 Å². The molecule has 2 aliphatic heterocycles. The number of hydrogen-bond acceptors (Lipinski definition) is 4. The smallest absolute Gasteiger partial charge is 0.317 e. The Bertz CT molecular complexity index is 686. The van der Waals surface area contributed by atoms with Crippen LogP contribution in [-0.2, 0) is 4.79 Å². The van der Waals surface area contributed by atoms with Crippen LogP contribution in [-0.4, -0.2) is 55.7 Å². The van der Waals surface area contributed by atoms with Gasteiger partial charge in [-0.15, -0.1) is 0 Å². The predicted molar refractivity (Wildman–Crippen MR) is 108 cm³/mol. The lowest BCUT2D eigenvalue weighted by Crippen LogP contribution is -2.46. The number of urea groups is 1. The molecule has 0 saturated carbocycles. The molecule has 0 radical (unpaired) electrons. The first kappa shape index (κ1) is 20.3. The largest absolute Gasteiger partial charge is 0.486 e. The molecule has 0 spiro atoms. The van der Waals surface area contributed by atoms with Crippen LogP contribution in [0.4, 0.5) is 10.5 Å². The number of hydrogen-bond donors (Lipinski definition) is 1. The van der Waals surface area contributed by atoms with Crippen LogP contribution in [0.3, 0.4) is 0 Å². The first-order valence-corrected chi connectivity index (χ1v) is 10.4. The summed E-state index contributed by atoms with van der Waals surface area (Å²) in [4.78, 5) is 28.8. The van der Waals surface area contributed by atoms with E-state index in [4.69, 9.17) is 9.47 Å². The number of benzene rings is 1. The molecular weight excluding hydrogens is 358 g/mol. The molecule has 1 saturated heterocycles. The summed E-state index contributed by atoms with van der Waals surface area (Å²) >= 11 is 0. The molecule has 28 heavy (non-hydrogen) atoms. The third kappa shape index (κ3) is 4.88. The highest BCUT2D eigenvalue weighted by molar-refractivity contribution is 5.97. The van der Waals surface area contributed by atoms with E-state index >= 15 is 0 Å². The predicted octanol–water partition coefficient (Wildman–Crippen LogP) is 3.17. The first-order valence-electron chi connectivity index (χ1n) is 10.4. The van der Waals surface area contributed by atoms with Gasteiger partial charge in [0.2, 0.25) is 5.91 Å². The molecular formula is C21H31N3O4. The zero-order valence-corrected chi connectivity index (χ0v) is 16.9. The number of carbonyl (C=O) groups is 2. The second-order valence-corrected chi connectivity index (χ2v) is 7.38. The van der Waals surface area contributed by atoms with Crippen molar-refractivity contribution in [1.82, 2.24) is 10.2 Å². The number of rotatable bonds is 8. The first-order chi connectivity index (χ1) is 13.6. The van der Waals surface area contributed by atoms with E-state index in [1.165, 1.54) is 0 Å². The lowest BCUT2D eigenvalue weighted by molar-refractivity contribution is -0.117. The molecule has 1 atom stereocenters. The molecule has 2 heterocycles. The fraction of sp³-hybridized carbons (Fsp3) is 0.619. The molecule has 7 heteroatoms. The minimum Gasteiger partial charge on any atom is -0.486 e. The van der Waals surface area contributed by atoms with Gasteiger partial charge in [-0.25, -0.2) is 4.79 Å². The molecule has 1 N–H and O–H groups in total. The number of amides is 3. The highest BCUT2D eigenvalue weighted by atomic mass is 16.6. The maximum Gasteiger partial charge on any atom is 0.317 e. The molecule has 1 aromatic carbocycles. The fourth-order valence-corrected chi connectivity index (χ4v) is 3.53. The highest BCUT2D eigenvalue weighted by Gasteiger charge is 2.33. The standard InChI is InChI=1S/C21H31N3O4/c1-3-5-9-23(10-6-4-2)21(26)22-16-13-20(25)24(15-16)17-7-8-18-19(14-17)28-12-11-27-18/h7-8,14,16H,3-6,9-13,15H2,1-2H3,(H,22,26)/t16-/m0/s1. The number of ether oxygens (including phenoxy) is 2. The Morgan fingerprint density at radius 1 is 1.14 bits per heavy atom. The maximum absolute atomic E-state index is 12.7. The van der Waals surface area contributed by atoms with E-state index in [9.17, 15) is 9.59 Å². The summed E-state index contributed by atoms with van der Waals surface area (Å²) in [5.74, 6) is 1.37. The van der Waals surface area contributed by atoms with Crippen molar-refractivity contribution >= 4 is 17.6 Å². The van der Waals surface area contributed by atoms with Crippen molar-refractivity contribution in [3.8, 4) is 11.5 Å². The molecule has 154 valence electrons. The summed E-state index contributed by atoms with van der Waals surface area (Å²) in [5, 5.41) is 3.06. The number of nitrogens with zero attached hydrogens (tertiary/aromatic N) is 2. The molecule has 7 nitrogen and oxygen atoms in total. The average Bonchev–Trinajstić information content (AvgIpc) is 3.07. The van der Waals surface area contributed by atoms with E-state index in [2.05, 4.69) is 19.2 Å². The van der Waals surface area contributed by atoms with E-state index in [-0.39, 0.29) is 18.0 Å². The Labute approximate surface area is 167 Å². The van der Waals surface area contributed by atoms with Gasteiger partial charge in [-0.1, -0.05) is 26.7 Å². The quantitative estimate of drug-likeness (QED) is 0.741. The van der Waals surface area contributed by atoms with Crippen LogP contribution in [0, 0.1) is 0 Å². The van der Waals surface area contributed by atoms with Crippen LogP contribution in [0.15, 0.2) is 18.2 Å². The lowest BCUT2D eigenvalue weighted by Gasteiger charge is -2.25. The van der Waals surface area contributed by atoms with E-state index in [1.54, 1.807) is 4.90 Å². The Balaban J connectivity index is 1.61. The Morgan fingerprint density at radius 3 is 2.50 bits per heavy atom. The maximum atomic E-state index is 12.7. The van der Waals surface area contributed by atoms with Gasteiger partial charge in [0.1, 0.15) is 13.2 Å². The fourth-order valence-electron chi connectivity index (χ4n) is 3.53. The topological polar surface area (TPSA) is 71.1 Å². The van der Waals surface area contributed by atoms with Crippen LogP contribution >= 0.6 is 0 Å². The van der Waals surface area contributed by atoms with Gasteiger partial charge in [-0.05, 0) is 25.0 Å². The molecule has 3 amide bonds. The molecule has 0 aromatic heterocycles. The van der Waals surface area contributed by atoms with E-state index < -0.39 is 0 Å². The number of carbonyl (C=O) groups excluding carboxylic acids is 2. The van der Waals surface area contributed by atoms with Crippen molar-refractivity contribution in [2.75, 3.05) is 37.7 Å². The monoisotopic (exact) mass is 389 g/mol. The normalized spacial score (nSPS) is 18.3. The number of fused-ring (bicyclic) bond motifs is 1. The Hall–Kier alpha value is -2.44. The van der Waals surface area contributed by atoms with Crippen molar-refractivity contribution in [3.63, 3.8) is 0 Å². The molecule has 0 unspecified atom stereocenters. The molecule has 0 aliphatic carbocycles. The Morgan fingerprint density at radius 2 is 1.82 bits per heavy atom. The second-order valence-electron chi connectivity index (χ2n) is 7.38. The van der Waals surface area contributed by atoms with Gasteiger partial charge >= 0.3 is 6.03 Å². The lowest BCUT2D eigenvalue weighted by atomic mass is 10.2. The highest BCUT2D eigenvalue weighted by Crippen LogP contribution is 2.35. The third-order valence-corrected chi connectivity index (χ3v) is 5.14. The molecule has 1 aromatic rings. The molecule has 0 bridgehead atoms.